The van der Waals surface area contributed by atoms with Gasteiger partial charge in [0.05, 0.1) is 6.33 Å². The van der Waals surface area contributed by atoms with Crippen molar-refractivity contribution in [2.75, 3.05) is 6.54 Å². The first-order valence-corrected chi connectivity index (χ1v) is 8.97. The summed E-state index contributed by atoms with van der Waals surface area (Å²) in [6, 6.07) is -0.946. The third-order valence-corrected chi connectivity index (χ3v) is 3.42. The highest BCUT2D eigenvalue weighted by Crippen LogP contribution is 2.08. The van der Waals surface area contributed by atoms with E-state index in [1.165, 1.54) is 6.33 Å². The zero-order valence-electron chi connectivity index (χ0n) is 16.1. The minimum absolute atomic E-state index is 0.164. The van der Waals surface area contributed by atoms with Gasteiger partial charge in [0.2, 0.25) is 5.91 Å². The average molecular weight is 382 g/mol. The number of imidazole rings is 1. The summed E-state index contributed by atoms with van der Waals surface area (Å²) in [4.78, 5) is 42.9. The Hall–Kier alpha value is -2.62. The second-order valence-corrected chi connectivity index (χ2v) is 7.12. The van der Waals surface area contributed by atoms with Crippen molar-refractivity contribution in [1.29, 1.82) is 0 Å². The Kier molecular flexibility index (Phi) is 9.27. The van der Waals surface area contributed by atoms with Crippen molar-refractivity contribution in [3.8, 4) is 0 Å². The first-order chi connectivity index (χ1) is 12.7. The number of hydrazine groups is 1. The molecule has 0 aliphatic carbocycles. The van der Waals surface area contributed by atoms with E-state index in [-0.39, 0.29) is 18.7 Å². The van der Waals surface area contributed by atoms with Gasteiger partial charge in [-0.1, -0.05) is 6.42 Å². The largest absolute Gasteiger partial charge is 0.444 e. The number of H-pyrrole nitrogens is 1. The second kappa shape index (κ2) is 11.2. The summed E-state index contributed by atoms with van der Waals surface area (Å²) in [5, 5.41) is 2.51. The molecule has 1 heterocycles. The maximum Gasteiger partial charge on any atom is 0.408 e. The quantitative estimate of drug-likeness (QED) is 0.310. The molecule has 0 saturated heterocycles. The highest BCUT2D eigenvalue weighted by molar-refractivity contribution is 5.88. The fraction of sp³-hybridized carbons (Fsp3) is 0.647. The Labute approximate surface area is 159 Å². The van der Waals surface area contributed by atoms with Gasteiger partial charge in [-0.05, 0) is 40.2 Å². The third-order valence-electron chi connectivity index (χ3n) is 3.42. The molecule has 1 rings (SSSR count). The molecule has 0 bridgehead atoms. The number of unbranched alkanes of at least 4 members (excludes halogenated alkanes) is 2. The lowest BCUT2D eigenvalue weighted by molar-refractivity contribution is -0.130. The fourth-order valence-electron chi connectivity index (χ4n) is 2.16. The lowest BCUT2D eigenvalue weighted by Crippen LogP contribution is -2.53. The fourth-order valence-corrected chi connectivity index (χ4v) is 2.16. The molecule has 1 aromatic rings. The van der Waals surface area contributed by atoms with Crippen LogP contribution in [0.4, 0.5) is 4.79 Å². The Morgan fingerprint density at radius 1 is 1.22 bits per heavy atom. The molecule has 0 aliphatic rings. The van der Waals surface area contributed by atoms with E-state index in [4.69, 9.17) is 10.5 Å². The molecule has 0 aliphatic heterocycles. The van der Waals surface area contributed by atoms with Gasteiger partial charge in [-0.2, -0.15) is 0 Å². The molecule has 152 valence electrons. The molecule has 0 aromatic carbocycles. The van der Waals surface area contributed by atoms with Crippen molar-refractivity contribution in [1.82, 2.24) is 26.1 Å². The predicted octanol–water partition coefficient (Wildman–Crippen LogP) is 0.512. The molecule has 3 amide bonds. The molecule has 10 nitrogen and oxygen atoms in total. The number of nitrogens with zero attached hydrogens (tertiary/aromatic N) is 1. The van der Waals surface area contributed by atoms with Gasteiger partial charge in [0.1, 0.15) is 11.6 Å². The van der Waals surface area contributed by atoms with Gasteiger partial charge in [0.15, 0.2) is 0 Å². The third kappa shape index (κ3) is 10.2. The topological polar surface area (TPSA) is 151 Å². The first-order valence-electron chi connectivity index (χ1n) is 8.97. The van der Waals surface area contributed by atoms with Crippen LogP contribution in [0.3, 0.4) is 0 Å². The molecule has 6 N–H and O–H groups in total. The van der Waals surface area contributed by atoms with Crippen LogP contribution < -0.4 is 21.9 Å². The number of nitrogens with two attached hydrogens (primary N) is 1. The number of carbonyl (C=O) groups excluding carboxylic acids is 3. The molecule has 27 heavy (non-hydrogen) atoms. The summed E-state index contributed by atoms with van der Waals surface area (Å²) in [6.45, 7) is 5.76. The van der Waals surface area contributed by atoms with Crippen molar-refractivity contribution in [2.45, 2.75) is 64.5 Å². The van der Waals surface area contributed by atoms with Crippen LogP contribution in [0.2, 0.25) is 0 Å². The molecule has 10 heteroatoms. The molecule has 1 aromatic heterocycles. The Morgan fingerprint density at radius 2 is 1.96 bits per heavy atom. The van der Waals surface area contributed by atoms with Crippen LogP contribution >= 0.6 is 0 Å². The molecule has 0 saturated carbocycles. The maximum absolute atomic E-state index is 12.4. The van der Waals surface area contributed by atoms with Gasteiger partial charge in [-0.15, -0.1) is 0 Å². The van der Waals surface area contributed by atoms with Crippen molar-refractivity contribution in [3.05, 3.63) is 18.2 Å². The zero-order valence-corrected chi connectivity index (χ0v) is 16.1. The van der Waals surface area contributed by atoms with Crippen LogP contribution in [-0.2, 0) is 20.7 Å². The van der Waals surface area contributed by atoms with E-state index in [2.05, 4.69) is 26.1 Å². The Morgan fingerprint density at radius 3 is 2.56 bits per heavy atom. The van der Waals surface area contributed by atoms with Crippen molar-refractivity contribution in [3.63, 3.8) is 0 Å². The minimum atomic E-state index is -0.946. The standard InChI is InChI=1S/C17H30N6O4/c1-17(2,3)27-16(26)21-13(9-12-10-19-11-20-12)15(25)23-22-14(24)7-5-4-6-8-18/h10-11,13H,4-9,18H2,1-3H3,(H,19,20)(H,21,26)(H,22,24)(H,23,25). The number of aromatic nitrogens is 2. The molecule has 1 atom stereocenters. The monoisotopic (exact) mass is 382 g/mol. The SMILES string of the molecule is CC(C)(C)OC(=O)NC(Cc1cnc[nH]1)C(=O)NNC(=O)CCCCCN. The van der Waals surface area contributed by atoms with E-state index >= 15 is 0 Å². The van der Waals surface area contributed by atoms with Gasteiger partial charge in [-0.3, -0.25) is 20.4 Å². The minimum Gasteiger partial charge on any atom is -0.444 e. The number of alkyl carbamates (subject to hydrolysis) is 1. The van der Waals surface area contributed by atoms with Crippen molar-refractivity contribution in [2.24, 2.45) is 5.73 Å². The van der Waals surface area contributed by atoms with Crippen LogP contribution in [0.5, 0.6) is 0 Å². The highest BCUT2D eigenvalue weighted by Gasteiger charge is 2.25. The number of rotatable bonds is 9. The van der Waals surface area contributed by atoms with E-state index in [1.807, 2.05) is 0 Å². The molecule has 0 fully saturated rings. The average Bonchev–Trinajstić information content (AvgIpc) is 3.07. The summed E-state index contributed by atoms with van der Waals surface area (Å²) in [5.41, 5.74) is 10.0. The number of carbonyl (C=O) groups is 3. The van der Waals surface area contributed by atoms with Gasteiger partial charge in [0.25, 0.3) is 5.91 Å². The van der Waals surface area contributed by atoms with E-state index in [0.29, 0.717) is 18.7 Å². The lowest BCUT2D eigenvalue weighted by Gasteiger charge is -2.23. The number of amides is 3. The summed E-state index contributed by atoms with van der Waals surface area (Å²) in [5.74, 6) is -0.872. The molecular weight excluding hydrogens is 352 g/mol. The van der Waals surface area contributed by atoms with Crippen molar-refractivity contribution >= 4 is 17.9 Å². The van der Waals surface area contributed by atoms with Crippen LogP contribution in [-0.4, -0.2) is 46.1 Å². The number of aromatic amines is 1. The van der Waals surface area contributed by atoms with E-state index < -0.39 is 23.6 Å². The molecule has 0 radical (unpaired) electrons. The summed E-state index contributed by atoms with van der Waals surface area (Å²) in [6.07, 6.45) is 5.13. The Bertz CT molecular complexity index is 597. The van der Waals surface area contributed by atoms with Crippen molar-refractivity contribution < 1.29 is 19.1 Å². The van der Waals surface area contributed by atoms with Crippen LogP contribution in [0.25, 0.3) is 0 Å². The van der Waals surface area contributed by atoms with Gasteiger partial charge in [-0.25, -0.2) is 9.78 Å². The van der Waals surface area contributed by atoms with Crippen LogP contribution in [0, 0.1) is 0 Å². The predicted molar refractivity (Wildman–Crippen MR) is 99.3 cm³/mol. The normalized spacial score (nSPS) is 12.1. The molecular formula is C17H30N6O4. The number of hydrogen-bond acceptors (Lipinski definition) is 6. The van der Waals surface area contributed by atoms with Gasteiger partial charge < -0.3 is 20.8 Å². The first kappa shape index (κ1) is 22.4. The van der Waals surface area contributed by atoms with Gasteiger partial charge >= 0.3 is 6.09 Å². The van der Waals surface area contributed by atoms with Gasteiger partial charge in [0, 0.05) is 24.7 Å². The highest BCUT2D eigenvalue weighted by atomic mass is 16.6. The summed E-state index contributed by atoms with van der Waals surface area (Å²) in [7, 11) is 0. The lowest BCUT2D eigenvalue weighted by atomic mass is 10.1. The summed E-state index contributed by atoms with van der Waals surface area (Å²) < 4.78 is 5.19. The number of ether oxygens (including phenoxy) is 1. The zero-order chi connectivity index (χ0) is 20.3. The number of nitrogens with one attached hydrogen (secondary N) is 4. The van der Waals surface area contributed by atoms with E-state index in [1.54, 1.807) is 27.0 Å². The Balaban J connectivity index is 2.56. The smallest absolute Gasteiger partial charge is 0.408 e. The maximum atomic E-state index is 12.4. The summed E-state index contributed by atoms with van der Waals surface area (Å²) >= 11 is 0. The van der Waals surface area contributed by atoms with E-state index in [9.17, 15) is 14.4 Å². The number of hydrogen-bond donors (Lipinski definition) is 5. The van der Waals surface area contributed by atoms with Crippen LogP contribution in [0.15, 0.2) is 12.5 Å². The van der Waals surface area contributed by atoms with E-state index in [0.717, 1.165) is 12.8 Å². The second-order valence-electron chi connectivity index (χ2n) is 7.12. The molecule has 1 unspecified atom stereocenters. The molecule has 0 spiro atoms. The van der Waals surface area contributed by atoms with Crippen LogP contribution in [0.1, 0.15) is 52.1 Å².